The molecule has 1 rings (SSSR count). The highest BCUT2D eigenvalue weighted by Crippen LogP contribution is 2.40. The number of carbonyl (C=O) groups excluding carboxylic acids is 2. The zero-order chi connectivity index (χ0) is 21.0. The van der Waals surface area contributed by atoms with Crippen LogP contribution in [0.2, 0.25) is 0 Å². The van der Waals surface area contributed by atoms with Gasteiger partial charge in [0.25, 0.3) is 0 Å². The maximum Gasteiger partial charge on any atom is 0.320 e. The van der Waals surface area contributed by atoms with Gasteiger partial charge in [-0.25, -0.2) is 0 Å². The molecule has 0 aliphatic heterocycles. The Bertz CT molecular complexity index is 624. The number of aromatic hydroxyl groups is 1. The summed E-state index contributed by atoms with van der Waals surface area (Å²) in [6, 6.07) is 3.74. The first-order valence-electron chi connectivity index (χ1n) is 9.53. The van der Waals surface area contributed by atoms with Crippen molar-refractivity contribution in [2.45, 2.75) is 72.6 Å². The van der Waals surface area contributed by atoms with Crippen molar-refractivity contribution in [2.24, 2.45) is 5.92 Å². The lowest BCUT2D eigenvalue weighted by atomic mass is 9.77. The number of esters is 2. The molecule has 0 spiro atoms. The maximum absolute atomic E-state index is 12.3. The number of hydrogen-bond acceptors (Lipinski definition) is 5. The van der Waals surface area contributed by atoms with Crippen molar-refractivity contribution in [3.8, 4) is 5.75 Å². The molecule has 0 saturated heterocycles. The van der Waals surface area contributed by atoms with Crippen molar-refractivity contribution >= 4 is 11.9 Å². The van der Waals surface area contributed by atoms with Crippen molar-refractivity contribution < 1.29 is 24.2 Å². The van der Waals surface area contributed by atoms with E-state index >= 15 is 0 Å². The van der Waals surface area contributed by atoms with Crippen LogP contribution in [0.25, 0.3) is 0 Å². The average Bonchev–Trinajstić information content (AvgIpc) is 2.51. The minimum Gasteiger partial charge on any atom is -0.507 e. The van der Waals surface area contributed by atoms with Gasteiger partial charge >= 0.3 is 11.9 Å². The van der Waals surface area contributed by atoms with E-state index in [4.69, 9.17) is 9.47 Å². The van der Waals surface area contributed by atoms with Crippen LogP contribution < -0.4 is 0 Å². The fourth-order valence-electron chi connectivity index (χ4n) is 2.94. The predicted molar refractivity (Wildman–Crippen MR) is 106 cm³/mol. The van der Waals surface area contributed by atoms with Crippen LogP contribution in [0.4, 0.5) is 0 Å². The second-order valence-electron chi connectivity index (χ2n) is 8.80. The number of hydrogen-bond donors (Lipinski definition) is 1. The molecule has 0 radical (unpaired) electrons. The lowest BCUT2D eigenvalue weighted by molar-refractivity contribution is -0.161. The highest BCUT2D eigenvalue weighted by molar-refractivity contribution is 5.95. The Morgan fingerprint density at radius 2 is 1.26 bits per heavy atom. The molecule has 1 aromatic rings. The molecule has 1 N–H and O–H groups in total. The largest absolute Gasteiger partial charge is 0.507 e. The Morgan fingerprint density at radius 1 is 0.889 bits per heavy atom. The van der Waals surface area contributed by atoms with Crippen LogP contribution in [0.3, 0.4) is 0 Å². The summed E-state index contributed by atoms with van der Waals surface area (Å²) in [6.45, 7) is 15.9. The van der Waals surface area contributed by atoms with Crippen molar-refractivity contribution in [2.75, 3.05) is 13.2 Å². The smallest absolute Gasteiger partial charge is 0.320 e. The molecule has 0 unspecified atom stereocenters. The molecule has 0 aliphatic carbocycles. The third-order valence-electron chi connectivity index (χ3n) is 4.37. The maximum atomic E-state index is 12.3. The Kier molecular flexibility index (Phi) is 7.47. The summed E-state index contributed by atoms with van der Waals surface area (Å²) in [5.74, 6) is -1.92. The Morgan fingerprint density at radius 3 is 1.56 bits per heavy atom. The molecule has 0 fully saturated rings. The Hall–Kier alpha value is -2.04. The minimum atomic E-state index is -1.02. The Balaban J connectivity index is 3.45. The molecule has 0 saturated carbocycles. The lowest BCUT2D eigenvalue weighted by Crippen LogP contribution is -2.30. The van der Waals surface area contributed by atoms with Crippen molar-refractivity contribution in [3.05, 3.63) is 28.8 Å². The fourth-order valence-corrected chi connectivity index (χ4v) is 2.94. The third kappa shape index (κ3) is 5.98. The van der Waals surface area contributed by atoms with Crippen LogP contribution in [0.15, 0.2) is 12.1 Å². The summed E-state index contributed by atoms with van der Waals surface area (Å²) in [7, 11) is 0. The zero-order valence-electron chi connectivity index (χ0n) is 17.9. The first-order valence-corrected chi connectivity index (χ1v) is 9.53. The van der Waals surface area contributed by atoms with Gasteiger partial charge in [-0.3, -0.25) is 9.59 Å². The van der Waals surface area contributed by atoms with Gasteiger partial charge in [-0.1, -0.05) is 53.7 Å². The SMILES string of the molecule is CCOC(=O)C(Cc1cc(C(C)(C)C)c(O)c(C(C)(C)C)c1)C(=O)OCC. The van der Waals surface area contributed by atoms with E-state index in [1.165, 1.54) is 0 Å². The second kappa shape index (κ2) is 8.77. The van der Waals surface area contributed by atoms with Gasteiger partial charge in [0.2, 0.25) is 0 Å². The number of rotatable bonds is 6. The summed E-state index contributed by atoms with van der Waals surface area (Å²) in [4.78, 5) is 24.6. The van der Waals surface area contributed by atoms with Crippen LogP contribution in [0.5, 0.6) is 5.75 Å². The van der Waals surface area contributed by atoms with Crippen LogP contribution in [-0.2, 0) is 36.3 Å². The molecular formula is C22H34O5. The molecule has 0 amide bonds. The second-order valence-corrected chi connectivity index (χ2v) is 8.80. The summed E-state index contributed by atoms with van der Waals surface area (Å²) in [5, 5.41) is 10.8. The van der Waals surface area contributed by atoms with Crippen molar-refractivity contribution in [1.82, 2.24) is 0 Å². The first-order chi connectivity index (χ1) is 12.3. The first kappa shape index (κ1) is 23.0. The van der Waals surface area contributed by atoms with E-state index in [0.29, 0.717) is 0 Å². The molecule has 0 bridgehead atoms. The van der Waals surface area contributed by atoms with Gasteiger partial charge in [0.05, 0.1) is 13.2 Å². The molecule has 152 valence electrons. The number of ether oxygens (including phenoxy) is 2. The standard InChI is InChI=1S/C22H34O5/c1-9-26-19(24)15(20(25)27-10-2)11-14-12-16(21(3,4)5)18(23)17(13-14)22(6,7)8/h12-13,15,23H,9-11H2,1-8H3. The monoisotopic (exact) mass is 378 g/mol. The van der Waals surface area contributed by atoms with Gasteiger partial charge < -0.3 is 14.6 Å². The van der Waals surface area contributed by atoms with Crippen LogP contribution in [-0.4, -0.2) is 30.3 Å². The van der Waals surface area contributed by atoms with Crippen molar-refractivity contribution in [1.29, 1.82) is 0 Å². The number of carbonyl (C=O) groups is 2. The van der Waals surface area contributed by atoms with Gasteiger partial charge in [0.15, 0.2) is 5.92 Å². The number of phenolic OH excluding ortho intramolecular Hbond substituents is 1. The van der Waals surface area contributed by atoms with Crippen LogP contribution in [0, 0.1) is 5.92 Å². The van der Waals surface area contributed by atoms with E-state index in [1.54, 1.807) is 13.8 Å². The van der Waals surface area contributed by atoms with Gasteiger partial charge in [-0.15, -0.1) is 0 Å². The highest BCUT2D eigenvalue weighted by atomic mass is 16.6. The molecule has 0 aliphatic rings. The molecule has 1 aromatic carbocycles. The van der Waals surface area contributed by atoms with E-state index < -0.39 is 17.9 Å². The van der Waals surface area contributed by atoms with Crippen LogP contribution >= 0.6 is 0 Å². The molecule has 5 heteroatoms. The van der Waals surface area contributed by atoms with Gasteiger partial charge in [-0.2, -0.15) is 0 Å². The van der Waals surface area contributed by atoms with E-state index in [2.05, 4.69) is 0 Å². The highest BCUT2D eigenvalue weighted by Gasteiger charge is 2.32. The predicted octanol–water partition coefficient (Wildman–Crippen LogP) is 4.27. The van der Waals surface area contributed by atoms with Gasteiger partial charge in [-0.05, 0) is 47.8 Å². The molecule has 27 heavy (non-hydrogen) atoms. The Labute approximate surface area is 163 Å². The lowest BCUT2D eigenvalue weighted by Gasteiger charge is -2.28. The molecule has 5 nitrogen and oxygen atoms in total. The van der Waals surface area contributed by atoms with Crippen molar-refractivity contribution in [3.63, 3.8) is 0 Å². The number of phenols is 1. The summed E-state index contributed by atoms with van der Waals surface area (Å²) in [6.07, 6.45) is 0.171. The van der Waals surface area contributed by atoms with Gasteiger partial charge in [0, 0.05) is 0 Å². The molecule has 0 heterocycles. The molecule has 0 atom stereocenters. The van der Waals surface area contributed by atoms with Crippen LogP contribution in [0.1, 0.15) is 72.1 Å². The van der Waals surface area contributed by atoms with E-state index in [1.807, 2.05) is 53.7 Å². The van der Waals surface area contributed by atoms with E-state index in [-0.39, 0.29) is 36.2 Å². The van der Waals surface area contributed by atoms with E-state index in [9.17, 15) is 14.7 Å². The average molecular weight is 379 g/mol. The summed E-state index contributed by atoms with van der Waals surface area (Å²) >= 11 is 0. The van der Waals surface area contributed by atoms with E-state index in [0.717, 1.165) is 16.7 Å². The number of benzene rings is 1. The quantitative estimate of drug-likeness (QED) is 0.591. The summed E-state index contributed by atoms with van der Waals surface area (Å²) in [5.41, 5.74) is 1.80. The fraction of sp³-hybridized carbons (Fsp3) is 0.636. The molecule has 0 aromatic heterocycles. The minimum absolute atomic E-state index is 0.171. The third-order valence-corrected chi connectivity index (χ3v) is 4.37. The summed E-state index contributed by atoms with van der Waals surface area (Å²) < 4.78 is 10.1. The normalized spacial score (nSPS) is 12.2. The topological polar surface area (TPSA) is 72.8 Å². The molecular weight excluding hydrogens is 344 g/mol. The zero-order valence-corrected chi connectivity index (χ0v) is 17.9. The van der Waals surface area contributed by atoms with Gasteiger partial charge in [0.1, 0.15) is 5.75 Å².